The summed E-state index contributed by atoms with van der Waals surface area (Å²) in [4.78, 5) is 0. The average Bonchev–Trinajstić information content (AvgIpc) is 2.96. The zero-order valence-corrected chi connectivity index (χ0v) is 15.3. The van der Waals surface area contributed by atoms with Crippen molar-refractivity contribution in [2.75, 3.05) is 0 Å². The second-order valence-electron chi connectivity index (χ2n) is 5.32. The van der Waals surface area contributed by atoms with Gasteiger partial charge in [0.25, 0.3) is 0 Å². The van der Waals surface area contributed by atoms with E-state index in [0.717, 1.165) is 10.0 Å². The van der Waals surface area contributed by atoms with E-state index in [1.165, 1.54) is 30.8 Å². The van der Waals surface area contributed by atoms with Gasteiger partial charge in [-0.15, -0.1) is 0 Å². The van der Waals surface area contributed by atoms with E-state index in [1.54, 1.807) is 0 Å². The normalized spacial score (nSPS) is 11.0. The fraction of sp³-hybridized carbons (Fsp3) is 0. The summed E-state index contributed by atoms with van der Waals surface area (Å²) in [6.45, 7) is 0. The summed E-state index contributed by atoms with van der Waals surface area (Å²) >= 11 is 12.4. The molecule has 0 saturated carbocycles. The summed E-state index contributed by atoms with van der Waals surface area (Å²) in [6.07, 6.45) is 0. The molecule has 0 aliphatic heterocycles. The molecule has 0 aliphatic carbocycles. The molecule has 0 radical (unpaired) electrons. The molecule has 112 valence electrons. The van der Waals surface area contributed by atoms with Gasteiger partial charge in [0.15, 0.2) is 0 Å². The summed E-state index contributed by atoms with van der Waals surface area (Å²) in [5.74, 6) is 0. The van der Waals surface area contributed by atoms with E-state index in [2.05, 4.69) is 48.5 Å². The van der Waals surface area contributed by atoms with E-state index >= 15 is 0 Å². The van der Waals surface area contributed by atoms with E-state index in [0.29, 0.717) is 14.5 Å². The van der Waals surface area contributed by atoms with Crippen molar-refractivity contribution in [2.24, 2.45) is 0 Å². The van der Waals surface area contributed by atoms with Gasteiger partial charge in [0.05, 0.1) is 0 Å². The summed E-state index contributed by atoms with van der Waals surface area (Å²) in [5.41, 5.74) is 3.78. The maximum absolute atomic E-state index is 6.06. The Balaban J connectivity index is 2.01. The quantitative estimate of drug-likeness (QED) is 0.334. The van der Waals surface area contributed by atoms with Crippen LogP contribution >= 0.6 is 23.2 Å². The van der Waals surface area contributed by atoms with Crippen LogP contribution in [-0.4, -0.2) is 14.5 Å². The molecule has 0 atom stereocenters. The Kier molecular flexibility index (Phi) is 4.05. The second kappa shape index (κ2) is 6.19. The van der Waals surface area contributed by atoms with Crippen molar-refractivity contribution < 1.29 is 0 Å². The topological polar surface area (TPSA) is 0 Å². The molecule has 23 heavy (non-hydrogen) atoms. The van der Waals surface area contributed by atoms with Crippen LogP contribution in [0.4, 0.5) is 0 Å². The number of halogens is 2. The van der Waals surface area contributed by atoms with Crippen LogP contribution in [0.2, 0.25) is 10.0 Å². The van der Waals surface area contributed by atoms with Crippen molar-refractivity contribution in [3.63, 3.8) is 0 Å². The molecule has 0 fully saturated rings. The average molecular weight is 402 g/mol. The summed E-state index contributed by atoms with van der Waals surface area (Å²) in [5, 5.41) is 2.87. The van der Waals surface area contributed by atoms with Crippen LogP contribution in [0.3, 0.4) is 0 Å². The van der Waals surface area contributed by atoms with Crippen LogP contribution in [0.15, 0.2) is 72.8 Å². The minimum atomic E-state index is 0.291. The monoisotopic (exact) mass is 402 g/mol. The van der Waals surface area contributed by atoms with Gasteiger partial charge in [0, 0.05) is 0 Å². The Morgan fingerprint density at radius 3 is 1.83 bits per heavy atom. The molecular formula is C20H12Cl2Se. The number of hydrogen-bond acceptors (Lipinski definition) is 0. The number of fused-ring (bicyclic) bond motifs is 1. The first-order chi connectivity index (χ1) is 11.2. The Bertz CT molecular complexity index is 967. The van der Waals surface area contributed by atoms with Crippen LogP contribution in [0, 0.1) is 0 Å². The first-order valence-corrected chi connectivity index (χ1v) is 9.73. The van der Waals surface area contributed by atoms with Crippen LogP contribution in [0.1, 0.15) is 0 Å². The zero-order valence-electron chi connectivity index (χ0n) is 12.1. The van der Waals surface area contributed by atoms with Crippen LogP contribution in [-0.2, 0) is 0 Å². The predicted molar refractivity (Wildman–Crippen MR) is 102 cm³/mol. The predicted octanol–water partition coefficient (Wildman–Crippen LogP) is 6.54. The zero-order chi connectivity index (χ0) is 15.8. The van der Waals surface area contributed by atoms with E-state index in [1.807, 2.05) is 24.3 Å². The molecule has 1 aromatic heterocycles. The van der Waals surface area contributed by atoms with Gasteiger partial charge in [-0.25, -0.2) is 0 Å². The molecule has 4 rings (SSSR count). The first kappa shape index (κ1) is 15.1. The van der Waals surface area contributed by atoms with Gasteiger partial charge in [-0.2, -0.15) is 0 Å². The summed E-state index contributed by atoms with van der Waals surface area (Å²) in [7, 11) is 0. The molecule has 0 unspecified atom stereocenters. The molecule has 0 saturated heterocycles. The van der Waals surface area contributed by atoms with E-state index in [9.17, 15) is 0 Å². The Labute approximate surface area is 151 Å². The van der Waals surface area contributed by atoms with Gasteiger partial charge in [-0.3, -0.25) is 0 Å². The van der Waals surface area contributed by atoms with Gasteiger partial charge >= 0.3 is 151 Å². The fourth-order valence-corrected chi connectivity index (χ4v) is 5.59. The molecule has 0 N–H and O–H groups in total. The van der Waals surface area contributed by atoms with Crippen molar-refractivity contribution in [3.8, 4) is 21.1 Å². The Morgan fingerprint density at radius 1 is 0.609 bits per heavy atom. The second-order valence-corrected chi connectivity index (χ2v) is 8.40. The van der Waals surface area contributed by atoms with Crippen molar-refractivity contribution in [3.05, 3.63) is 82.8 Å². The molecule has 3 aromatic carbocycles. The van der Waals surface area contributed by atoms with Gasteiger partial charge in [-0.1, -0.05) is 0 Å². The van der Waals surface area contributed by atoms with Crippen molar-refractivity contribution in [2.45, 2.75) is 0 Å². The van der Waals surface area contributed by atoms with Gasteiger partial charge in [0.2, 0.25) is 0 Å². The van der Waals surface area contributed by atoms with Gasteiger partial charge in [0.1, 0.15) is 0 Å². The minimum absolute atomic E-state index is 0.291. The van der Waals surface area contributed by atoms with E-state index in [-0.39, 0.29) is 0 Å². The molecule has 0 amide bonds. The van der Waals surface area contributed by atoms with E-state index in [4.69, 9.17) is 23.2 Å². The molecule has 0 nitrogen and oxygen atoms in total. The third-order valence-corrected chi connectivity index (χ3v) is 6.90. The Morgan fingerprint density at radius 2 is 1.17 bits per heavy atom. The fourth-order valence-electron chi connectivity index (χ4n) is 2.75. The summed E-state index contributed by atoms with van der Waals surface area (Å²) in [6, 6.07) is 24.9. The van der Waals surface area contributed by atoms with Crippen molar-refractivity contribution in [1.82, 2.24) is 0 Å². The Hall–Kier alpha value is -1.50. The molecule has 0 spiro atoms. The third kappa shape index (κ3) is 2.86. The van der Waals surface area contributed by atoms with E-state index < -0.39 is 0 Å². The third-order valence-electron chi connectivity index (χ3n) is 3.83. The summed E-state index contributed by atoms with van der Waals surface area (Å²) < 4.78 is 2.83. The maximum atomic E-state index is 6.06. The van der Waals surface area contributed by atoms with Crippen molar-refractivity contribution >= 4 is 47.4 Å². The van der Waals surface area contributed by atoms with Crippen LogP contribution < -0.4 is 0 Å². The van der Waals surface area contributed by atoms with Crippen LogP contribution in [0.25, 0.3) is 30.8 Å². The molecule has 3 heteroatoms. The number of hydrogen-bond donors (Lipinski definition) is 0. The molecular weight excluding hydrogens is 390 g/mol. The van der Waals surface area contributed by atoms with Crippen molar-refractivity contribution in [1.29, 1.82) is 0 Å². The van der Waals surface area contributed by atoms with Crippen LogP contribution in [0.5, 0.6) is 0 Å². The standard InChI is InChI=1S/C20H12Cl2Se/c21-15-9-5-13(6-10-15)19-17-3-1-2-4-18(17)23-20(19)14-7-11-16(22)12-8-14/h1-12H. The molecule has 0 bridgehead atoms. The number of rotatable bonds is 2. The molecule has 4 aromatic rings. The number of benzene rings is 3. The van der Waals surface area contributed by atoms with Gasteiger partial charge < -0.3 is 0 Å². The molecule has 0 aliphatic rings. The first-order valence-electron chi connectivity index (χ1n) is 7.26. The molecule has 1 heterocycles. The SMILES string of the molecule is Clc1ccc(-c2[se]c3ccccc3c2-c2ccc(Cl)cc2)cc1. The van der Waals surface area contributed by atoms with Gasteiger partial charge in [-0.05, 0) is 0 Å².